The molecule has 2 heteroatoms. The molecule has 0 saturated heterocycles. The summed E-state index contributed by atoms with van der Waals surface area (Å²) in [5.74, 6) is 3.34. The van der Waals surface area contributed by atoms with Crippen molar-refractivity contribution >= 4 is 0 Å². The van der Waals surface area contributed by atoms with Crippen LogP contribution in [-0.2, 0) is 0 Å². The van der Waals surface area contributed by atoms with Gasteiger partial charge in [-0.2, -0.15) is 8.78 Å². The molecular formula is C25H44F2. The maximum atomic E-state index is 12.2. The van der Waals surface area contributed by atoms with E-state index in [2.05, 4.69) is 6.92 Å². The summed E-state index contributed by atoms with van der Waals surface area (Å²) in [6, 6.07) is 0. The van der Waals surface area contributed by atoms with Gasteiger partial charge in [0, 0.05) is 0 Å². The number of unbranched alkanes of at least 4 members (excludes halogenated alkanes) is 7. The van der Waals surface area contributed by atoms with Crippen LogP contribution in [0.2, 0.25) is 0 Å². The number of hydrogen-bond donors (Lipinski definition) is 0. The molecule has 0 atom stereocenters. The summed E-state index contributed by atoms with van der Waals surface area (Å²) in [5, 5.41) is 0. The highest BCUT2D eigenvalue weighted by Crippen LogP contribution is 2.43. The molecule has 2 saturated carbocycles. The summed E-state index contributed by atoms with van der Waals surface area (Å²) in [6.45, 7) is 2.29. The van der Waals surface area contributed by atoms with Crippen molar-refractivity contribution in [3.05, 3.63) is 12.2 Å². The molecule has 158 valence electrons. The van der Waals surface area contributed by atoms with E-state index < -0.39 is 6.08 Å². The van der Waals surface area contributed by atoms with Gasteiger partial charge in [-0.25, -0.2) is 0 Å². The van der Waals surface area contributed by atoms with Crippen LogP contribution in [-0.4, -0.2) is 0 Å². The van der Waals surface area contributed by atoms with Crippen molar-refractivity contribution in [3.8, 4) is 0 Å². The number of halogens is 2. The molecule has 27 heavy (non-hydrogen) atoms. The molecule has 0 bridgehead atoms. The lowest BCUT2D eigenvalue weighted by atomic mass is 9.68. The maximum Gasteiger partial charge on any atom is 0.266 e. The Morgan fingerprint density at radius 2 is 1.15 bits per heavy atom. The van der Waals surface area contributed by atoms with Crippen molar-refractivity contribution in [2.24, 2.45) is 23.7 Å². The Kier molecular flexibility index (Phi) is 11.6. The minimum absolute atomic E-state index is 0.515. The smallest absolute Gasteiger partial charge is 0.174 e. The first-order chi connectivity index (χ1) is 13.2. The van der Waals surface area contributed by atoms with Gasteiger partial charge in [0.1, 0.15) is 0 Å². The van der Waals surface area contributed by atoms with E-state index >= 15 is 0 Å². The second-order valence-electron chi connectivity index (χ2n) is 9.55. The zero-order chi connectivity index (χ0) is 19.3. The zero-order valence-corrected chi connectivity index (χ0v) is 17.9. The van der Waals surface area contributed by atoms with Crippen LogP contribution in [0.4, 0.5) is 8.78 Å². The van der Waals surface area contributed by atoms with Gasteiger partial charge >= 0.3 is 0 Å². The average Bonchev–Trinajstić information content (AvgIpc) is 2.69. The van der Waals surface area contributed by atoms with Crippen LogP contribution in [0, 0.1) is 23.7 Å². The standard InChI is InChI=1S/C25H44F2/c1-2-3-4-5-6-7-8-9-10-21-11-16-23(17-12-21)24-18-13-22(14-19-24)15-20-25(26)27/h20-24H,2-19H2,1H3/t21-,22-,23-,24-. The fourth-order valence-corrected chi connectivity index (χ4v) is 5.67. The molecule has 0 aromatic heterocycles. The third-order valence-corrected chi connectivity index (χ3v) is 7.52. The molecule has 2 aliphatic rings. The van der Waals surface area contributed by atoms with Crippen molar-refractivity contribution < 1.29 is 8.78 Å². The molecule has 0 nitrogen and oxygen atoms in total. The van der Waals surface area contributed by atoms with Gasteiger partial charge in [0.2, 0.25) is 0 Å². The van der Waals surface area contributed by atoms with Crippen LogP contribution in [0.1, 0.15) is 122 Å². The quantitative estimate of drug-likeness (QED) is 0.295. The predicted molar refractivity (Wildman–Crippen MR) is 113 cm³/mol. The van der Waals surface area contributed by atoms with Crippen LogP contribution < -0.4 is 0 Å². The van der Waals surface area contributed by atoms with Crippen molar-refractivity contribution in [2.45, 2.75) is 122 Å². The summed E-state index contributed by atoms with van der Waals surface area (Å²) in [5.41, 5.74) is 0. The van der Waals surface area contributed by atoms with Crippen molar-refractivity contribution in [1.29, 1.82) is 0 Å². The second kappa shape index (κ2) is 13.7. The van der Waals surface area contributed by atoms with Crippen LogP contribution >= 0.6 is 0 Å². The van der Waals surface area contributed by atoms with Crippen LogP contribution in [0.25, 0.3) is 0 Å². The zero-order valence-electron chi connectivity index (χ0n) is 17.9. The number of rotatable bonds is 12. The molecule has 0 unspecified atom stereocenters. The lowest BCUT2D eigenvalue weighted by molar-refractivity contribution is 0.143. The second-order valence-corrected chi connectivity index (χ2v) is 9.55. The Hall–Kier alpha value is -0.400. The first-order valence-corrected chi connectivity index (χ1v) is 12.2. The topological polar surface area (TPSA) is 0 Å². The normalized spacial score (nSPS) is 28.9. The Morgan fingerprint density at radius 3 is 1.67 bits per heavy atom. The van der Waals surface area contributed by atoms with Crippen LogP contribution in [0.3, 0.4) is 0 Å². The van der Waals surface area contributed by atoms with Crippen molar-refractivity contribution in [2.75, 3.05) is 0 Å². The average molecular weight is 383 g/mol. The fourth-order valence-electron chi connectivity index (χ4n) is 5.67. The molecule has 0 N–H and O–H groups in total. The molecule has 2 rings (SSSR count). The van der Waals surface area contributed by atoms with Gasteiger partial charge in [0.15, 0.2) is 0 Å². The summed E-state index contributed by atoms with van der Waals surface area (Å²) < 4.78 is 24.5. The summed E-state index contributed by atoms with van der Waals surface area (Å²) >= 11 is 0. The van der Waals surface area contributed by atoms with Gasteiger partial charge < -0.3 is 0 Å². The number of allylic oxidation sites excluding steroid dienone is 1. The fraction of sp³-hybridized carbons (Fsp3) is 0.920. The number of hydrogen-bond acceptors (Lipinski definition) is 0. The van der Waals surface area contributed by atoms with Gasteiger partial charge in [-0.1, -0.05) is 77.6 Å². The minimum Gasteiger partial charge on any atom is -0.174 e. The van der Waals surface area contributed by atoms with Gasteiger partial charge in [0.05, 0.1) is 0 Å². The van der Waals surface area contributed by atoms with E-state index in [4.69, 9.17) is 0 Å². The van der Waals surface area contributed by atoms with Gasteiger partial charge in [-0.05, 0) is 74.7 Å². The van der Waals surface area contributed by atoms with E-state index in [0.29, 0.717) is 12.3 Å². The largest absolute Gasteiger partial charge is 0.266 e. The Labute approximate surface area is 167 Å². The molecule has 0 aromatic rings. The Balaban J connectivity index is 1.49. The molecular weight excluding hydrogens is 338 g/mol. The Morgan fingerprint density at radius 1 is 0.667 bits per heavy atom. The van der Waals surface area contributed by atoms with Crippen LogP contribution in [0.5, 0.6) is 0 Å². The van der Waals surface area contributed by atoms with Gasteiger partial charge in [-0.3, -0.25) is 0 Å². The van der Waals surface area contributed by atoms with E-state index in [-0.39, 0.29) is 0 Å². The predicted octanol–water partition coefficient (Wildman–Crippen LogP) is 9.30. The summed E-state index contributed by atoms with van der Waals surface area (Å²) in [4.78, 5) is 0. The monoisotopic (exact) mass is 382 g/mol. The van der Waals surface area contributed by atoms with Gasteiger partial charge in [0.25, 0.3) is 6.08 Å². The third kappa shape index (κ3) is 9.57. The van der Waals surface area contributed by atoms with E-state index in [1.54, 1.807) is 0 Å². The molecule has 0 aromatic carbocycles. The van der Waals surface area contributed by atoms with E-state index in [1.165, 1.54) is 109 Å². The highest BCUT2D eigenvalue weighted by atomic mass is 19.3. The maximum absolute atomic E-state index is 12.2. The highest BCUT2D eigenvalue weighted by Gasteiger charge is 2.30. The van der Waals surface area contributed by atoms with Crippen molar-refractivity contribution in [3.63, 3.8) is 0 Å². The summed E-state index contributed by atoms with van der Waals surface area (Å²) in [6.07, 6.45) is 23.9. The van der Waals surface area contributed by atoms with E-state index in [0.717, 1.165) is 23.8 Å². The first-order valence-electron chi connectivity index (χ1n) is 12.2. The lowest BCUT2D eigenvalue weighted by Crippen LogP contribution is -2.25. The summed E-state index contributed by atoms with van der Waals surface area (Å²) in [7, 11) is 0. The molecule has 0 amide bonds. The SMILES string of the molecule is CCCCCCCCCC[C@H]1CC[C@H]([C@H]2CC[C@H](CC=C(F)F)CC2)CC1. The molecule has 0 heterocycles. The van der Waals surface area contributed by atoms with Gasteiger partial charge in [-0.15, -0.1) is 0 Å². The minimum atomic E-state index is -1.49. The highest BCUT2D eigenvalue weighted by molar-refractivity contribution is 4.87. The van der Waals surface area contributed by atoms with Crippen LogP contribution in [0.15, 0.2) is 12.2 Å². The molecule has 0 spiro atoms. The lowest BCUT2D eigenvalue weighted by Gasteiger charge is -2.37. The third-order valence-electron chi connectivity index (χ3n) is 7.52. The van der Waals surface area contributed by atoms with Crippen molar-refractivity contribution in [1.82, 2.24) is 0 Å². The molecule has 2 fully saturated rings. The molecule has 2 aliphatic carbocycles. The van der Waals surface area contributed by atoms with E-state index in [1.807, 2.05) is 0 Å². The Bertz CT molecular complexity index is 383. The van der Waals surface area contributed by atoms with E-state index in [9.17, 15) is 8.78 Å². The molecule has 0 radical (unpaired) electrons. The molecule has 0 aliphatic heterocycles. The first kappa shape index (κ1) is 22.9.